The van der Waals surface area contributed by atoms with Crippen LogP contribution < -0.4 is 0 Å². The van der Waals surface area contributed by atoms with Crippen LogP contribution in [0.1, 0.15) is 27.4 Å². The molecule has 0 bridgehead atoms. The monoisotopic (exact) mass is 333 g/mol. The fourth-order valence-corrected chi connectivity index (χ4v) is 2.25. The van der Waals surface area contributed by atoms with Gasteiger partial charge in [-0.15, -0.1) is 0 Å². The summed E-state index contributed by atoms with van der Waals surface area (Å²) >= 11 is 0. The summed E-state index contributed by atoms with van der Waals surface area (Å²) in [6.45, 7) is 0.251. The van der Waals surface area contributed by atoms with E-state index in [1.54, 1.807) is 24.3 Å². The molecule has 0 spiro atoms. The molecule has 0 radical (unpaired) electrons. The van der Waals surface area contributed by atoms with Crippen molar-refractivity contribution in [2.75, 3.05) is 7.11 Å². The number of hydrogen-bond acceptors (Lipinski definition) is 7. The van der Waals surface area contributed by atoms with Gasteiger partial charge < -0.3 is 13.7 Å². The van der Waals surface area contributed by atoms with Crippen molar-refractivity contribution in [2.24, 2.45) is 0 Å². The standard InChI is InChI=1S/C17H11N5O3/c1-24-17(23)12-4-2-11(3-5-12)16-21-13(9-25-16)8-22-10-20-14(6-18)15(22)7-19/h2-5,9-10H,8H2,1H3. The lowest BCUT2D eigenvalue weighted by Crippen LogP contribution is -2.02. The molecule has 0 N–H and O–H groups in total. The molecule has 0 aliphatic carbocycles. The maximum absolute atomic E-state index is 11.4. The van der Waals surface area contributed by atoms with Crippen molar-refractivity contribution in [3.63, 3.8) is 0 Å². The Balaban J connectivity index is 1.81. The van der Waals surface area contributed by atoms with Gasteiger partial charge in [0.15, 0.2) is 11.4 Å². The lowest BCUT2D eigenvalue weighted by molar-refractivity contribution is 0.0600. The van der Waals surface area contributed by atoms with Crippen LogP contribution in [0.5, 0.6) is 0 Å². The molecule has 122 valence electrons. The van der Waals surface area contributed by atoms with Crippen LogP contribution in [0.3, 0.4) is 0 Å². The molecule has 8 heteroatoms. The summed E-state index contributed by atoms with van der Waals surface area (Å²) in [5, 5.41) is 18.0. The lowest BCUT2D eigenvalue weighted by Gasteiger charge is -2.00. The SMILES string of the molecule is COC(=O)c1ccc(-c2nc(Cn3cnc(C#N)c3C#N)co2)cc1. The molecule has 0 saturated heterocycles. The van der Waals surface area contributed by atoms with E-state index in [9.17, 15) is 4.79 Å². The van der Waals surface area contributed by atoms with Crippen molar-refractivity contribution in [3.8, 4) is 23.6 Å². The number of hydrogen-bond donors (Lipinski definition) is 0. The largest absolute Gasteiger partial charge is 0.465 e. The van der Waals surface area contributed by atoms with Crippen LogP contribution in [0.25, 0.3) is 11.5 Å². The molecule has 2 aromatic heterocycles. The first kappa shape index (κ1) is 16.0. The molecular weight excluding hydrogens is 322 g/mol. The number of carbonyl (C=O) groups excluding carboxylic acids is 1. The third-order valence-corrected chi connectivity index (χ3v) is 3.49. The van der Waals surface area contributed by atoms with Crippen molar-refractivity contribution >= 4 is 5.97 Å². The Bertz CT molecular complexity index is 1000. The van der Waals surface area contributed by atoms with Crippen LogP contribution in [0.2, 0.25) is 0 Å². The third kappa shape index (κ3) is 3.09. The summed E-state index contributed by atoms with van der Waals surface area (Å²) < 4.78 is 11.6. The molecule has 25 heavy (non-hydrogen) atoms. The Labute approximate surface area is 142 Å². The third-order valence-electron chi connectivity index (χ3n) is 3.49. The number of carbonyl (C=O) groups is 1. The molecule has 0 aliphatic rings. The average molecular weight is 333 g/mol. The smallest absolute Gasteiger partial charge is 0.337 e. The van der Waals surface area contributed by atoms with Gasteiger partial charge in [-0.3, -0.25) is 0 Å². The van der Waals surface area contributed by atoms with Gasteiger partial charge in [0.25, 0.3) is 0 Å². The van der Waals surface area contributed by atoms with Gasteiger partial charge in [-0.1, -0.05) is 0 Å². The van der Waals surface area contributed by atoms with Crippen LogP contribution >= 0.6 is 0 Å². The first-order valence-electron chi connectivity index (χ1n) is 7.14. The maximum atomic E-state index is 11.4. The Hall–Kier alpha value is -3.91. The fourth-order valence-electron chi connectivity index (χ4n) is 2.25. The van der Waals surface area contributed by atoms with Crippen molar-refractivity contribution < 1.29 is 13.9 Å². The topological polar surface area (TPSA) is 118 Å². The van der Waals surface area contributed by atoms with Crippen LogP contribution in [0.4, 0.5) is 0 Å². The molecule has 0 atom stereocenters. The van der Waals surface area contributed by atoms with E-state index in [1.807, 2.05) is 12.1 Å². The van der Waals surface area contributed by atoms with Gasteiger partial charge in [-0.2, -0.15) is 10.5 Å². The number of benzene rings is 1. The fraction of sp³-hybridized carbons (Fsp3) is 0.118. The van der Waals surface area contributed by atoms with E-state index in [0.717, 1.165) is 0 Å². The highest BCUT2D eigenvalue weighted by Crippen LogP contribution is 2.20. The van der Waals surface area contributed by atoms with E-state index in [2.05, 4.69) is 14.7 Å². The normalized spacial score (nSPS) is 10.0. The van der Waals surface area contributed by atoms with Gasteiger partial charge in [-0.25, -0.2) is 14.8 Å². The number of methoxy groups -OCH3 is 1. The number of oxazole rings is 1. The van der Waals surface area contributed by atoms with Crippen molar-refractivity contribution in [1.82, 2.24) is 14.5 Å². The molecule has 8 nitrogen and oxygen atoms in total. The van der Waals surface area contributed by atoms with Crippen LogP contribution in [-0.4, -0.2) is 27.6 Å². The molecule has 0 fully saturated rings. The van der Waals surface area contributed by atoms with E-state index < -0.39 is 5.97 Å². The number of ether oxygens (including phenoxy) is 1. The Kier molecular flexibility index (Phi) is 4.27. The van der Waals surface area contributed by atoms with Crippen LogP contribution in [0, 0.1) is 22.7 Å². The highest BCUT2D eigenvalue weighted by Gasteiger charge is 2.13. The summed E-state index contributed by atoms with van der Waals surface area (Å²) in [6, 6.07) is 10.5. The molecule has 0 saturated carbocycles. The van der Waals surface area contributed by atoms with E-state index in [0.29, 0.717) is 22.7 Å². The zero-order valence-corrected chi connectivity index (χ0v) is 13.1. The van der Waals surface area contributed by atoms with E-state index >= 15 is 0 Å². The molecule has 0 aliphatic heterocycles. The first-order chi connectivity index (χ1) is 12.2. The minimum Gasteiger partial charge on any atom is -0.465 e. The summed E-state index contributed by atoms with van der Waals surface area (Å²) in [4.78, 5) is 19.7. The van der Waals surface area contributed by atoms with Gasteiger partial charge >= 0.3 is 5.97 Å². The van der Waals surface area contributed by atoms with Crippen LogP contribution in [0.15, 0.2) is 41.3 Å². The Morgan fingerprint density at radius 3 is 2.68 bits per heavy atom. The zero-order valence-electron chi connectivity index (χ0n) is 13.1. The van der Waals surface area contributed by atoms with Crippen LogP contribution in [-0.2, 0) is 11.3 Å². The molecular formula is C17H11N5O3. The summed E-state index contributed by atoms with van der Waals surface area (Å²) in [5.74, 6) is -0.0392. The van der Waals surface area contributed by atoms with E-state index in [4.69, 9.17) is 14.9 Å². The molecule has 0 amide bonds. The molecule has 1 aromatic carbocycles. The second-order valence-electron chi connectivity index (χ2n) is 5.01. The number of aromatic nitrogens is 3. The number of rotatable bonds is 4. The molecule has 3 aromatic rings. The summed E-state index contributed by atoms with van der Waals surface area (Å²) in [5.41, 5.74) is 1.95. The summed E-state index contributed by atoms with van der Waals surface area (Å²) in [6.07, 6.45) is 2.88. The number of imidazole rings is 1. The lowest BCUT2D eigenvalue weighted by atomic mass is 10.1. The first-order valence-corrected chi connectivity index (χ1v) is 7.14. The average Bonchev–Trinajstić information content (AvgIpc) is 3.28. The van der Waals surface area contributed by atoms with Gasteiger partial charge in [0, 0.05) is 5.56 Å². The minimum absolute atomic E-state index is 0.0737. The number of nitriles is 2. The summed E-state index contributed by atoms with van der Waals surface area (Å²) in [7, 11) is 1.32. The van der Waals surface area contributed by atoms with E-state index in [-0.39, 0.29) is 17.9 Å². The van der Waals surface area contributed by atoms with Gasteiger partial charge in [0.2, 0.25) is 5.89 Å². The van der Waals surface area contributed by atoms with Crippen molar-refractivity contribution in [1.29, 1.82) is 10.5 Å². The van der Waals surface area contributed by atoms with Gasteiger partial charge in [-0.05, 0) is 24.3 Å². The second-order valence-corrected chi connectivity index (χ2v) is 5.01. The number of nitrogens with zero attached hydrogens (tertiary/aromatic N) is 5. The quantitative estimate of drug-likeness (QED) is 0.671. The molecule has 0 unspecified atom stereocenters. The van der Waals surface area contributed by atoms with Crippen molar-refractivity contribution in [3.05, 3.63) is 59.5 Å². The predicted octanol–water partition coefficient (Wildman–Crippen LogP) is 2.12. The van der Waals surface area contributed by atoms with Gasteiger partial charge in [0.05, 0.1) is 31.2 Å². The maximum Gasteiger partial charge on any atom is 0.337 e. The molecule has 2 heterocycles. The van der Waals surface area contributed by atoms with Crippen molar-refractivity contribution in [2.45, 2.75) is 6.54 Å². The number of esters is 1. The molecule has 3 rings (SSSR count). The van der Waals surface area contributed by atoms with Gasteiger partial charge in [0.1, 0.15) is 18.4 Å². The highest BCUT2D eigenvalue weighted by atomic mass is 16.5. The minimum atomic E-state index is -0.419. The Morgan fingerprint density at radius 2 is 2.04 bits per heavy atom. The highest BCUT2D eigenvalue weighted by molar-refractivity contribution is 5.89. The Morgan fingerprint density at radius 1 is 1.28 bits per heavy atom. The second kappa shape index (κ2) is 6.69. The van der Waals surface area contributed by atoms with E-state index in [1.165, 1.54) is 24.3 Å². The zero-order chi connectivity index (χ0) is 17.8. The predicted molar refractivity (Wildman–Crippen MR) is 84.0 cm³/mol.